The predicted octanol–water partition coefficient (Wildman–Crippen LogP) is -8.01. The van der Waals surface area contributed by atoms with E-state index in [0.29, 0.717) is 0 Å². The first-order valence-corrected chi connectivity index (χ1v) is 4.00. The fourth-order valence-corrected chi connectivity index (χ4v) is 0. The van der Waals surface area contributed by atoms with Gasteiger partial charge in [0.15, 0.2) is 0 Å². The summed E-state index contributed by atoms with van der Waals surface area (Å²) >= 11 is 0. The Balaban J connectivity index is -0.00000000615. The molecule has 18 heavy (non-hydrogen) atoms. The Morgan fingerprint density at radius 2 is 0.500 bits per heavy atom. The van der Waals surface area contributed by atoms with E-state index in [0.717, 1.165) is 0 Å². The van der Waals surface area contributed by atoms with E-state index in [4.69, 9.17) is 35.0 Å². The molecule has 0 saturated carbocycles. The van der Waals surface area contributed by atoms with Crippen LogP contribution in [0.25, 0.3) is 0 Å². The van der Waals surface area contributed by atoms with E-state index in [1.807, 2.05) is 0 Å². The summed E-state index contributed by atoms with van der Waals surface area (Å²) in [5.41, 5.74) is 0. The van der Waals surface area contributed by atoms with Crippen LogP contribution < -0.4 is 0 Å². The van der Waals surface area contributed by atoms with Crippen LogP contribution in [-0.4, -0.2) is 91.0 Å². The van der Waals surface area contributed by atoms with Gasteiger partial charge in [0, 0.05) is 20.8 Å². The number of hydrogen-bond acceptors (Lipinski definition) is 8. The van der Waals surface area contributed by atoms with Crippen molar-refractivity contribution in [2.45, 2.75) is 0 Å². The van der Waals surface area contributed by atoms with E-state index in [1.54, 1.807) is 0 Å². The van der Waals surface area contributed by atoms with Crippen molar-refractivity contribution in [3.8, 4) is 0 Å². The van der Waals surface area contributed by atoms with Gasteiger partial charge in [0.1, 0.15) is 0 Å². The van der Waals surface area contributed by atoms with Crippen molar-refractivity contribution in [1.29, 1.82) is 0 Å². The van der Waals surface area contributed by atoms with Crippen LogP contribution in [-0.2, 0) is 37.9 Å². The summed E-state index contributed by atoms with van der Waals surface area (Å²) in [7, 11) is -10.3. The Hall–Kier alpha value is 0.786. The van der Waals surface area contributed by atoms with E-state index in [1.165, 1.54) is 0 Å². The average Bonchev–Trinajstić information content (AvgIpc) is 1.12. The first kappa shape index (κ1) is 77.0. The largest absolute Gasteiger partial charge is 2.00 e. The van der Waals surface area contributed by atoms with Gasteiger partial charge in [-0.25, -0.2) is 0 Å². The molecule has 0 unspecified atom stereocenters. The summed E-state index contributed by atoms with van der Waals surface area (Å²) in [5.74, 6) is 0. The Kier molecular flexibility index (Phi) is 131. The van der Waals surface area contributed by atoms with Gasteiger partial charge in [-0.3, -0.25) is 16.8 Å². The molecule has 0 atom stereocenters. The molecule has 0 aromatic carbocycles. The summed E-state index contributed by atoms with van der Waals surface area (Å²) in [4.78, 5) is 0. The molecule has 14 nitrogen and oxygen atoms in total. The van der Waals surface area contributed by atoms with Crippen LogP contribution in [0.2, 0.25) is 0 Å². The third-order valence-corrected chi connectivity index (χ3v) is 0. The summed E-state index contributed by atoms with van der Waals surface area (Å²) in [6.45, 7) is 0. The van der Waals surface area contributed by atoms with Crippen LogP contribution in [0.4, 0.5) is 0 Å². The molecule has 118 valence electrons. The predicted molar refractivity (Wildman–Crippen MR) is 48.4 cm³/mol. The second-order valence-electron chi connectivity index (χ2n) is 0.816. The van der Waals surface area contributed by atoms with E-state index in [-0.39, 0.29) is 73.0 Å². The van der Waals surface area contributed by atoms with Gasteiger partial charge in [-0.2, -0.15) is 0 Å². The third-order valence-electron chi connectivity index (χ3n) is 0. The van der Waals surface area contributed by atoms with Crippen molar-refractivity contribution in [1.82, 2.24) is 0 Å². The molecule has 0 bridgehead atoms. The molecule has 0 aliphatic heterocycles. The zero-order valence-electron chi connectivity index (χ0n) is 8.14. The van der Waals surface area contributed by atoms with E-state index in [9.17, 15) is 0 Å². The van der Waals surface area contributed by atoms with Crippen LogP contribution in [0.3, 0.4) is 0 Å². The van der Waals surface area contributed by atoms with Gasteiger partial charge >= 0.3 is 40.1 Å². The summed E-state index contributed by atoms with van der Waals surface area (Å²) in [6.07, 6.45) is 0. The first-order chi connectivity index (χ1) is 4.00. The zero-order chi connectivity index (χ0) is 9.00. The molecule has 0 radical (unpaired) electrons. The molecule has 0 fully saturated rings. The fourth-order valence-electron chi connectivity index (χ4n) is 0. The Labute approximate surface area is 128 Å². The minimum absolute atomic E-state index is 0. The molecule has 0 aromatic rings. The molecule has 0 saturated heterocycles. The molecule has 12 N–H and O–H groups in total. The zero-order valence-corrected chi connectivity index (χ0v) is 12.3. The maximum atomic E-state index is 8.52. The van der Waals surface area contributed by atoms with Crippen molar-refractivity contribution in [2.24, 2.45) is 0 Å². The standard InChI is InChI=1S/Fe.Mg.2H2O4S.6H2O/c;;2*1-5(2,3)4;;;;;;/h;;2*(H2,1,2,3,4);6*1H2/q2*+2;;;;;;;;/p-4. The molecule has 0 aliphatic carbocycles. The van der Waals surface area contributed by atoms with Crippen LogP contribution in [0.5, 0.6) is 0 Å². The topological polar surface area (TPSA) is 350 Å². The van der Waals surface area contributed by atoms with Crippen molar-refractivity contribution in [3.05, 3.63) is 0 Å². The maximum absolute atomic E-state index is 8.52. The summed E-state index contributed by atoms with van der Waals surface area (Å²) < 4.78 is 68.2. The quantitative estimate of drug-likeness (QED) is 0.220. The monoisotopic (exact) mass is 380 g/mol. The third kappa shape index (κ3) is 6780. The molecule has 18 heteroatoms. The van der Waals surface area contributed by atoms with Crippen molar-refractivity contribution in [3.63, 3.8) is 0 Å². The Bertz CT molecular complexity index is 216. The summed E-state index contributed by atoms with van der Waals surface area (Å²) in [5, 5.41) is 0. The van der Waals surface area contributed by atoms with E-state index < -0.39 is 20.8 Å². The minimum atomic E-state index is -5.17. The molecule has 0 rings (SSSR count). The van der Waals surface area contributed by atoms with Crippen LogP contribution in [0.1, 0.15) is 0 Å². The Morgan fingerprint density at radius 3 is 0.500 bits per heavy atom. The van der Waals surface area contributed by atoms with Crippen LogP contribution in [0, 0.1) is 0 Å². The Morgan fingerprint density at radius 1 is 0.500 bits per heavy atom. The van der Waals surface area contributed by atoms with Crippen LogP contribution in [0.15, 0.2) is 0 Å². The van der Waals surface area contributed by atoms with E-state index in [2.05, 4.69) is 0 Å². The van der Waals surface area contributed by atoms with E-state index >= 15 is 0 Å². The molecule has 0 heterocycles. The smallest absolute Gasteiger partial charge is 0.759 e. The van der Waals surface area contributed by atoms with Gasteiger partial charge in [0.05, 0.1) is 0 Å². The molecule has 0 spiro atoms. The SMILES string of the molecule is O.O.O.O.O.O.O=S(=O)([O-])[O-].O=S(=O)([O-])[O-].[Fe+2].[Mg+2]. The minimum Gasteiger partial charge on any atom is -0.759 e. The first-order valence-electron chi connectivity index (χ1n) is 1.33. The van der Waals surface area contributed by atoms with Crippen LogP contribution >= 0.6 is 0 Å². The normalized spacial score (nSPS) is 6.44. The molecular formula is H12FeMgO14S2. The maximum Gasteiger partial charge on any atom is 2.00 e. The number of hydrogen-bond donors (Lipinski definition) is 0. The van der Waals surface area contributed by atoms with Crippen molar-refractivity contribution >= 4 is 43.9 Å². The second kappa shape index (κ2) is 30.7. The molecule has 0 aromatic heterocycles. The molecule has 0 amide bonds. The van der Waals surface area contributed by atoms with Gasteiger partial charge in [-0.1, -0.05) is 0 Å². The average molecular weight is 380 g/mol. The summed E-state index contributed by atoms with van der Waals surface area (Å²) in [6, 6.07) is 0. The molecular weight excluding hydrogens is 368 g/mol. The molecule has 0 aliphatic rings. The van der Waals surface area contributed by atoms with Crippen molar-refractivity contribution < 1.29 is 85.0 Å². The number of rotatable bonds is 0. The fraction of sp³-hybridized carbons (Fsp3) is 0. The van der Waals surface area contributed by atoms with Gasteiger partial charge in [-0.05, 0) is 0 Å². The van der Waals surface area contributed by atoms with Gasteiger partial charge in [0.25, 0.3) is 0 Å². The van der Waals surface area contributed by atoms with Gasteiger partial charge < -0.3 is 51.1 Å². The van der Waals surface area contributed by atoms with Gasteiger partial charge in [0.2, 0.25) is 0 Å². The van der Waals surface area contributed by atoms with Gasteiger partial charge in [-0.15, -0.1) is 0 Å². The van der Waals surface area contributed by atoms with Crippen molar-refractivity contribution in [2.75, 3.05) is 0 Å². The second-order valence-corrected chi connectivity index (χ2v) is 2.45.